The van der Waals surface area contributed by atoms with Crippen molar-refractivity contribution in [1.29, 1.82) is 0 Å². The smallest absolute Gasteiger partial charge is 0.321 e. The lowest BCUT2D eigenvalue weighted by molar-refractivity contribution is -0.117. The summed E-state index contributed by atoms with van der Waals surface area (Å²) >= 11 is 1.18. The van der Waals surface area contributed by atoms with Crippen molar-refractivity contribution < 1.29 is 14.0 Å². The summed E-state index contributed by atoms with van der Waals surface area (Å²) in [6, 6.07) is 5.56. The number of hydrogen-bond acceptors (Lipinski definition) is 6. The number of imide groups is 1. The standard InChI is InChI=1S/C21H29FN6O2S/c1-14(2)23-20(30)24-18(29)13-31-21-26-25-19(15(3)27-11-5-4-6-12-27)28(21)17-9-7-16(22)8-10-17/h7-10,14-15H,4-6,11-13H2,1-3H3,(H2,23,24,29,30). The number of nitrogens with zero attached hydrogens (tertiary/aromatic N) is 4. The second-order valence-corrected chi connectivity index (χ2v) is 8.83. The molecule has 0 bridgehead atoms. The molecule has 31 heavy (non-hydrogen) atoms. The molecule has 1 unspecified atom stereocenters. The Morgan fingerprint density at radius 3 is 2.42 bits per heavy atom. The lowest BCUT2D eigenvalue weighted by Crippen LogP contribution is -2.43. The molecule has 0 radical (unpaired) electrons. The first-order valence-electron chi connectivity index (χ1n) is 10.5. The van der Waals surface area contributed by atoms with E-state index in [1.165, 1.54) is 30.3 Å². The van der Waals surface area contributed by atoms with Gasteiger partial charge < -0.3 is 5.32 Å². The number of amides is 3. The quantitative estimate of drug-likeness (QED) is 0.632. The van der Waals surface area contributed by atoms with E-state index in [0.717, 1.165) is 37.4 Å². The van der Waals surface area contributed by atoms with Gasteiger partial charge in [0.1, 0.15) is 5.82 Å². The summed E-state index contributed by atoms with van der Waals surface area (Å²) in [6.07, 6.45) is 3.53. The van der Waals surface area contributed by atoms with Crippen LogP contribution in [-0.2, 0) is 4.79 Å². The van der Waals surface area contributed by atoms with Gasteiger partial charge in [0, 0.05) is 11.7 Å². The van der Waals surface area contributed by atoms with Crippen LogP contribution in [0.2, 0.25) is 0 Å². The fraction of sp³-hybridized carbons (Fsp3) is 0.524. The van der Waals surface area contributed by atoms with Crippen molar-refractivity contribution >= 4 is 23.7 Å². The molecule has 168 valence electrons. The summed E-state index contributed by atoms with van der Waals surface area (Å²) < 4.78 is 15.4. The number of aromatic nitrogens is 3. The Bertz CT molecular complexity index is 896. The van der Waals surface area contributed by atoms with Gasteiger partial charge >= 0.3 is 6.03 Å². The van der Waals surface area contributed by atoms with Gasteiger partial charge in [0.05, 0.1) is 11.8 Å². The third kappa shape index (κ3) is 6.27. The van der Waals surface area contributed by atoms with Gasteiger partial charge in [-0.2, -0.15) is 0 Å². The molecule has 2 N–H and O–H groups in total. The van der Waals surface area contributed by atoms with Crippen LogP contribution in [0.5, 0.6) is 0 Å². The number of carbonyl (C=O) groups excluding carboxylic acids is 2. The first-order valence-corrected chi connectivity index (χ1v) is 11.5. The van der Waals surface area contributed by atoms with E-state index in [0.29, 0.717) is 5.16 Å². The molecule has 2 aromatic rings. The van der Waals surface area contributed by atoms with Crippen LogP contribution in [0.4, 0.5) is 9.18 Å². The average molecular weight is 449 g/mol. The van der Waals surface area contributed by atoms with Gasteiger partial charge in [-0.25, -0.2) is 9.18 Å². The summed E-state index contributed by atoms with van der Waals surface area (Å²) in [5, 5.41) is 14.2. The average Bonchev–Trinajstić information content (AvgIpc) is 3.16. The number of benzene rings is 1. The van der Waals surface area contributed by atoms with Gasteiger partial charge in [-0.05, 0) is 71.0 Å². The van der Waals surface area contributed by atoms with Crippen molar-refractivity contribution in [2.45, 2.75) is 57.3 Å². The molecule has 1 aromatic carbocycles. The van der Waals surface area contributed by atoms with E-state index in [4.69, 9.17) is 0 Å². The Morgan fingerprint density at radius 1 is 1.10 bits per heavy atom. The zero-order chi connectivity index (χ0) is 22.4. The fourth-order valence-corrected chi connectivity index (χ4v) is 4.30. The predicted octanol–water partition coefficient (Wildman–Crippen LogP) is 3.28. The zero-order valence-electron chi connectivity index (χ0n) is 18.1. The van der Waals surface area contributed by atoms with E-state index in [2.05, 4.69) is 32.7 Å². The van der Waals surface area contributed by atoms with Gasteiger partial charge in [0.2, 0.25) is 5.91 Å². The molecule has 3 rings (SSSR count). The van der Waals surface area contributed by atoms with Crippen LogP contribution in [-0.4, -0.2) is 56.5 Å². The topological polar surface area (TPSA) is 92.2 Å². The third-order valence-electron chi connectivity index (χ3n) is 5.06. The van der Waals surface area contributed by atoms with Gasteiger partial charge in [-0.3, -0.25) is 19.6 Å². The number of carbonyl (C=O) groups is 2. The molecule has 3 amide bonds. The van der Waals surface area contributed by atoms with E-state index in [1.807, 2.05) is 18.4 Å². The lowest BCUT2D eigenvalue weighted by atomic mass is 10.1. The molecule has 8 nitrogen and oxygen atoms in total. The molecule has 1 aliphatic heterocycles. The van der Waals surface area contributed by atoms with Crippen molar-refractivity contribution in [3.05, 3.63) is 35.9 Å². The molecule has 1 aromatic heterocycles. The molecule has 0 spiro atoms. The minimum atomic E-state index is -0.528. The number of likely N-dealkylation sites (tertiary alicyclic amines) is 1. The molecule has 0 saturated carbocycles. The first-order chi connectivity index (χ1) is 14.8. The first kappa shape index (κ1) is 23.2. The van der Waals surface area contributed by atoms with Crippen LogP contribution >= 0.6 is 11.8 Å². The fourth-order valence-electron chi connectivity index (χ4n) is 3.54. The Labute approximate surface area is 186 Å². The molecular weight excluding hydrogens is 419 g/mol. The van der Waals surface area contributed by atoms with Crippen molar-refractivity contribution in [1.82, 2.24) is 30.3 Å². The summed E-state index contributed by atoms with van der Waals surface area (Å²) in [7, 11) is 0. The predicted molar refractivity (Wildman–Crippen MR) is 118 cm³/mol. The van der Waals surface area contributed by atoms with Gasteiger partial charge in [-0.1, -0.05) is 18.2 Å². The van der Waals surface area contributed by atoms with E-state index in [-0.39, 0.29) is 23.7 Å². The van der Waals surface area contributed by atoms with Crippen molar-refractivity contribution in [3.8, 4) is 5.69 Å². The minimum absolute atomic E-state index is 0.00292. The summed E-state index contributed by atoms with van der Waals surface area (Å²) in [4.78, 5) is 26.3. The van der Waals surface area contributed by atoms with Crippen LogP contribution in [0.3, 0.4) is 0 Å². The molecule has 1 atom stereocenters. The summed E-state index contributed by atoms with van der Waals surface area (Å²) in [6.45, 7) is 7.71. The highest BCUT2D eigenvalue weighted by molar-refractivity contribution is 7.99. The van der Waals surface area contributed by atoms with Crippen molar-refractivity contribution in [3.63, 3.8) is 0 Å². The number of halogens is 1. The minimum Gasteiger partial charge on any atom is -0.336 e. The highest BCUT2D eigenvalue weighted by atomic mass is 32.2. The lowest BCUT2D eigenvalue weighted by Gasteiger charge is -2.31. The van der Waals surface area contributed by atoms with Crippen molar-refractivity contribution in [2.24, 2.45) is 0 Å². The number of nitrogens with one attached hydrogen (secondary N) is 2. The maximum Gasteiger partial charge on any atom is 0.321 e. The maximum atomic E-state index is 13.5. The largest absolute Gasteiger partial charge is 0.336 e. The van der Waals surface area contributed by atoms with Gasteiger partial charge in [0.15, 0.2) is 11.0 Å². The number of hydrogen-bond donors (Lipinski definition) is 2. The van der Waals surface area contributed by atoms with Crippen LogP contribution in [0.25, 0.3) is 5.69 Å². The van der Waals surface area contributed by atoms with Crippen LogP contribution < -0.4 is 10.6 Å². The summed E-state index contributed by atoms with van der Waals surface area (Å²) in [5.74, 6) is -0.00764. The van der Waals surface area contributed by atoms with E-state index < -0.39 is 11.9 Å². The van der Waals surface area contributed by atoms with E-state index in [1.54, 1.807) is 12.1 Å². The van der Waals surface area contributed by atoms with E-state index >= 15 is 0 Å². The van der Waals surface area contributed by atoms with Crippen LogP contribution in [0.15, 0.2) is 29.4 Å². The monoisotopic (exact) mass is 448 g/mol. The summed E-state index contributed by atoms with van der Waals surface area (Å²) in [5.41, 5.74) is 0.728. The Kier molecular flexibility index (Phi) is 8.03. The molecule has 10 heteroatoms. The highest BCUT2D eigenvalue weighted by Gasteiger charge is 2.26. The maximum absolute atomic E-state index is 13.5. The molecule has 1 aliphatic rings. The molecule has 0 aliphatic carbocycles. The third-order valence-corrected chi connectivity index (χ3v) is 5.99. The van der Waals surface area contributed by atoms with Crippen molar-refractivity contribution in [2.75, 3.05) is 18.8 Å². The zero-order valence-corrected chi connectivity index (χ0v) is 18.9. The normalized spacial score (nSPS) is 15.6. The Morgan fingerprint density at radius 2 is 1.77 bits per heavy atom. The highest BCUT2D eigenvalue weighted by Crippen LogP contribution is 2.29. The Balaban J connectivity index is 1.79. The van der Waals surface area contributed by atoms with Gasteiger partial charge in [0.25, 0.3) is 0 Å². The Hall–Kier alpha value is -2.46. The number of rotatable bonds is 7. The molecule has 1 saturated heterocycles. The SMILES string of the molecule is CC(C)NC(=O)NC(=O)CSc1nnc(C(C)N2CCCCC2)n1-c1ccc(F)cc1. The van der Waals surface area contributed by atoms with Crippen LogP contribution in [0.1, 0.15) is 51.9 Å². The molecule has 2 heterocycles. The number of thioether (sulfide) groups is 1. The molecule has 1 fully saturated rings. The second kappa shape index (κ2) is 10.7. The molecular formula is C21H29FN6O2S. The number of piperidine rings is 1. The second-order valence-electron chi connectivity index (χ2n) is 7.89. The number of urea groups is 1. The van der Waals surface area contributed by atoms with Crippen LogP contribution in [0, 0.1) is 5.82 Å². The van der Waals surface area contributed by atoms with Gasteiger partial charge in [-0.15, -0.1) is 10.2 Å². The van der Waals surface area contributed by atoms with E-state index in [9.17, 15) is 14.0 Å².